The molecule has 2 aliphatic heterocycles. The van der Waals surface area contributed by atoms with Gasteiger partial charge in [0.15, 0.2) is 11.7 Å². The highest BCUT2D eigenvalue weighted by atomic mass is 19.1. The SMILES string of the molecule is NC1=C2N=C(c3ccccc3F)NN2N(c2ccccc2)N1. The monoisotopic (exact) mass is 296 g/mol. The first-order valence-corrected chi connectivity index (χ1v) is 6.76. The van der Waals surface area contributed by atoms with Gasteiger partial charge >= 0.3 is 0 Å². The van der Waals surface area contributed by atoms with Gasteiger partial charge < -0.3 is 5.73 Å². The smallest absolute Gasteiger partial charge is 0.216 e. The van der Waals surface area contributed by atoms with Crippen molar-refractivity contribution in [3.63, 3.8) is 0 Å². The fourth-order valence-corrected chi connectivity index (χ4v) is 2.39. The lowest BCUT2D eigenvalue weighted by Crippen LogP contribution is -2.50. The number of fused-ring (bicyclic) bond motifs is 1. The molecule has 4 rings (SSSR count). The van der Waals surface area contributed by atoms with E-state index in [9.17, 15) is 4.39 Å². The van der Waals surface area contributed by atoms with Crippen LogP contribution in [-0.2, 0) is 0 Å². The van der Waals surface area contributed by atoms with Crippen LogP contribution in [0.2, 0.25) is 0 Å². The van der Waals surface area contributed by atoms with Gasteiger partial charge in [0.2, 0.25) is 5.82 Å². The summed E-state index contributed by atoms with van der Waals surface area (Å²) >= 11 is 0. The van der Waals surface area contributed by atoms with Gasteiger partial charge in [-0.05, 0) is 24.3 Å². The lowest BCUT2D eigenvalue weighted by molar-refractivity contribution is 0.298. The summed E-state index contributed by atoms with van der Waals surface area (Å²) in [5.41, 5.74) is 13.3. The number of anilines is 1. The van der Waals surface area contributed by atoms with Gasteiger partial charge in [0.05, 0.1) is 11.3 Å². The Hall–Kier alpha value is -3.22. The van der Waals surface area contributed by atoms with Crippen molar-refractivity contribution in [1.29, 1.82) is 0 Å². The number of nitrogens with two attached hydrogens (primary N) is 1. The van der Waals surface area contributed by atoms with E-state index in [1.54, 1.807) is 28.4 Å². The van der Waals surface area contributed by atoms with Crippen LogP contribution in [0.5, 0.6) is 0 Å². The molecule has 0 unspecified atom stereocenters. The Morgan fingerprint density at radius 3 is 2.41 bits per heavy atom. The van der Waals surface area contributed by atoms with Crippen LogP contribution >= 0.6 is 0 Å². The second kappa shape index (κ2) is 4.66. The number of rotatable bonds is 2. The summed E-state index contributed by atoms with van der Waals surface area (Å²) in [6, 6.07) is 16.1. The maximum Gasteiger partial charge on any atom is 0.216 e. The van der Waals surface area contributed by atoms with Crippen LogP contribution in [0.4, 0.5) is 10.1 Å². The van der Waals surface area contributed by atoms with Crippen LogP contribution in [0.1, 0.15) is 5.56 Å². The minimum Gasteiger partial charge on any atom is -0.381 e. The number of nitrogens with one attached hydrogen (secondary N) is 2. The van der Waals surface area contributed by atoms with Crippen molar-refractivity contribution in [3.8, 4) is 0 Å². The Morgan fingerprint density at radius 1 is 0.909 bits per heavy atom. The van der Waals surface area contributed by atoms with Gasteiger partial charge in [-0.15, -0.1) is 0 Å². The molecule has 110 valence electrons. The average molecular weight is 296 g/mol. The van der Waals surface area contributed by atoms with Crippen LogP contribution in [0.15, 0.2) is 71.2 Å². The molecule has 0 radical (unpaired) electrons. The van der Waals surface area contributed by atoms with Crippen molar-refractivity contribution in [1.82, 2.24) is 16.0 Å². The Morgan fingerprint density at radius 2 is 1.64 bits per heavy atom. The number of para-hydroxylation sites is 1. The molecule has 4 N–H and O–H groups in total. The molecule has 2 heterocycles. The number of nitrogens with zero attached hydrogens (tertiary/aromatic N) is 3. The zero-order valence-corrected chi connectivity index (χ0v) is 11.5. The van der Waals surface area contributed by atoms with Gasteiger partial charge in [0.25, 0.3) is 0 Å². The van der Waals surface area contributed by atoms with Crippen molar-refractivity contribution in [2.45, 2.75) is 0 Å². The number of hydrazine groups is 3. The fourth-order valence-electron chi connectivity index (χ4n) is 2.39. The molecule has 0 saturated heterocycles. The van der Waals surface area contributed by atoms with Gasteiger partial charge in [0, 0.05) is 0 Å². The molecule has 2 aromatic rings. The van der Waals surface area contributed by atoms with Gasteiger partial charge in [-0.25, -0.2) is 9.38 Å². The quantitative estimate of drug-likeness (QED) is 0.782. The molecule has 2 aromatic carbocycles. The average Bonchev–Trinajstić information content (AvgIpc) is 3.10. The second-order valence-corrected chi connectivity index (χ2v) is 4.86. The summed E-state index contributed by atoms with van der Waals surface area (Å²) in [6.07, 6.45) is 0. The van der Waals surface area contributed by atoms with Crippen LogP contribution < -0.4 is 21.7 Å². The third-order valence-electron chi connectivity index (χ3n) is 3.43. The normalized spacial score (nSPS) is 16.3. The van der Waals surface area contributed by atoms with Crippen LogP contribution in [0.3, 0.4) is 0 Å². The standard InChI is InChI=1S/C15H13FN6/c16-12-9-5-4-8-11(12)14-18-15-13(17)19-21(22(15)20-14)10-6-2-1-3-7-10/h1-9,19H,17H2,(H,18,20). The van der Waals surface area contributed by atoms with E-state index in [1.807, 2.05) is 30.3 Å². The molecule has 22 heavy (non-hydrogen) atoms. The predicted octanol–water partition coefficient (Wildman–Crippen LogP) is 1.42. The molecule has 0 spiro atoms. The zero-order chi connectivity index (χ0) is 15.1. The number of aliphatic imine (C=N–C) groups is 1. The molecular weight excluding hydrogens is 283 g/mol. The predicted molar refractivity (Wildman–Crippen MR) is 81.2 cm³/mol. The van der Waals surface area contributed by atoms with E-state index >= 15 is 0 Å². The Kier molecular flexibility index (Phi) is 2.65. The Bertz CT molecular complexity index is 786. The number of benzene rings is 2. The molecule has 0 aliphatic carbocycles. The van der Waals surface area contributed by atoms with E-state index in [0.29, 0.717) is 23.0 Å². The van der Waals surface area contributed by atoms with Crippen LogP contribution in [-0.4, -0.2) is 11.0 Å². The number of amidine groups is 1. The van der Waals surface area contributed by atoms with E-state index in [4.69, 9.17) is 5.73 Å². The van der Waals surface area contributed by atoms with Crippen molar-refractivity contribution in [2.75, 3.05) is 5.12 Å². The summed E-state index contributed by atoms with van der Waals surface area (Å²) in [6.45, 7) is 0. The zero-order valence-electron chi connectivity index (χ0n) is 11.5. The highest BCUT2D eigenvalue weighted by molar-refractivity contribution is 6.00. The minimum atomic E-state index is -0.340. The van der Waals surface area contributed by atoms with E-state index in [-0.39, 0.29) is 5.82 Å². The number of hydrogen-bond donors (Lipinski definition) is 3. The molecule has 0 fully saturated rings. The number of halogens is 1. The fraction of sp³-hybridized carbons (Fsp3) is 0. The topological polar surface area (TPSA) is 68.9 Å². The lowest BCUT2D eigenvalue weighted by atomic mass is 10.2. The second-order valence-electron chi connectivity index (χ2n) is 4.86. The Labute approximate surface area is 126 Å². The molecule has 0 amide bonds. The van der Waals surface area contributed by atoms with Crippen LogP contribution in [0, 0.1) is 5.82 Å². The first-order chi connectivity index (χ1) is 10.7. The first kappa shape index (κ1) is 12.5. The molecule has 0 saturated carbocycles. The highest BCUT2D eigenvalue weighted by Crippen LogP contribution is 2.27. The molecule has 6 nitrogen and oxygen atoms in total. The summed E-state index contributed by atoms with van der Waals surface area (Å²) < 4.78 is 13.9. The minimum absolute atomic E-state index is 0.340. The Balaban J connectivity index is 1.69. The molecule has 0 bridgehead atoms. The summed E-state index contributed by atoms with van der Waals surface area (Å²) in [7, 11) is 0. The maximum absolute atomic E-state index is 13.9. The van der Waals surface area contributed by atoms with Crippen molar-refractivity contribution >= 4 is 11.5 Å². The van der Waals surface area contributed by atoms with Gasteiger partial charge in [-0.2, -0.15) is 10.2 Å². The molecule has 7 heteroatoms. The third kappa shape index (κ3) is 1.83. The molecule has 0 aromatic heterocycles. The van der Waals surface area contributed by atoms with E-state index in [1.165, 1.54) is 6.07 Å². The largest absolute Gasteiger partial charge is 0.381 e. The van der Waals surface area contributed by atoms with Crippen molar-refractivity contribution < 1.29 is 4.39 Å². The highest BCUT2D eigenvalue weighted by Gasteiger charge is 2.35. The first-order valence-electron chi connectivity index (χ1n) is 6.76. The third-order valence-corrected chi connectivity index (χ3v) is 3.43. The summed E-state index contributed by atoms with van der Waals surface area (Å²) in [5.74, 6) is 0.969. The van der Waals surface area contributed by atoms with Gasteiger partial charge in [-0.3, -0.25) is 10.9 Å². The van der Waals surface area contributed by atoms with Gasteiger partial charge in [0.1, 0.15) is 5.82 Å². The molecule has 0 atom stereocenters. The maximum atomic E-state index is 13.9. The van der Waals surface area contributed by atoms with Crippen LogP contribution in [0.25, 0.3) is 0 Å². The van der Waals surface area contributed by atoms with E-state index in [2.05, 4.69) is 15.8 Å². The summed E-state index contributed by atoms with van der Waals surface area (Å²) in [4.78, 5) is 4.38. The van der Waals surface area contributed by atoms with E-state index in [0.717, 1.165) is 5.69 Å². The van der Waals surface area contributed by atoms with E-state index < -0.39 is 0 Å². The summed E-state index contributed by atoms with van der Waals surface area (Å²) in [5, 5.41) is 3.36. The number of hydrogen-bond acceptors (Lipinski definition) is 6. The van der Waals surface area contributed by atoms with Gasteiger partial charge in [-0.1, -0.05) is 30.3 Å². The van der Waals surface area contributed by atoms with Crippen molar-refractivity contribution in [2.24, 2.45) is 10.7 Å². The van der Waals surface area contributed by atoms with Crippen molar-refractivity contribution in [3.05, 3.63) is 77.6 Å². The molecular formula is C15H13FN6. The molecule has 2 aliphatic rings. The lowest BCUT2D eigenvalue weighted by Gasteiger charge is -2.28.